The van der Waals surface area contributed by atoms with Crippen LogP contribution in [0.15, 0.2) is 53.3 Å². The zero-order valence-electron chi connectivity index (χ0n) is 16.6. The molecule has 1 unspecified atom stereocenters. The van der Waals surface area contributed by atoms with Crippen molar-refractivity contribution in [2.24, 2.45) is 0 Å². The van der Waals surface area contributed by atoms with Gasteiger partial charge in [0.05, 0.1) is 24.7 Å². The van der Waals surface area contributed by atoms with E-state index in [0.29, 0.717) is 47.2 Å². The number of likely N-dealkylation sites (tertiary alicyclic amines) is 1. The van der Waals surface area contributed by atoms with Gasteiger partial charge in [0.15, 0.2) is 0 Å². The maximum atomic E-state index is 13.4. The molecule has 0 spiro atoms. The topological polar surface area (TPSA) is 82.6 Å². The maximum Gasteiger partial charge on any atom is 0.254 e. The number of para-hydroxylation sites is 2. The quantitative estimate of drug-likeness (QED) is 0.718. The van der Waals surface area contributed by atoms with Gasteiger partial charge in [-0.15, -0.1) is 0 Å². The average Bonchev–Trinajstić information content (AvgIpc) is 2.73. The molecule has 4 rings (SSSR count). The number of aromatic amines is 1. The lowest BCUT2D eigenvalue weighted by molar-refractivity contribution is -0.0302. The van der Waals surface area contributed by atoms with Crippen molar-refractivity contribution in [3.63, 3.8) is 0 Å². The summed E-state index contributed by atoms with van der Waals surface area (Å²) in [6.45, 7) is 2.57. The summed E-state index contributed by atoms with van der Waals surface area (Å²) < 4.78 is 5.42. The lowest BCUT2D eigenvalue weighted by Crippen LogP contribution is -2.48. The number of rotatable bonds is 3. The van der Waals surface area contributed by atoms with Gasteiger partial charge in [0.25, 0.3) is 5.91 Å². The summed E-state index contributed by atoms with van der Waals surface area (Å²) in [6.07, 6.45) is 1.19. The molecule has 1 aliphatic rings. The van der Waals surface area contributed by atoms with Crippen molar-refractivity contribution in [3.8, 4) is 5.75 Å². The molecule has 2 N–H and O–H groups in total. The van der Waals surface area contributed by atoms with E-state index in [4.69, 9.17) is 4.74 Å². The van der Waals surface area contributed by atoms with Crippen LogP contribution in [0.25, 0.3) is 10.9 Å². The van der Waals surface area contributed by atoms with Gasteiger partial charge in [-0.1, -0.05) is 36.4 Å². The van der Waals surface area contributed by atoms with E-state index in [9.17, 15) is 14.7 Å². The van der Waals surface area contributed by atoms with Crippen LogP contribution in [0.2, 0.25) is 0 Å². The third kappa shape index (κ3) is 3.40. The average molecular weight is 392 g/mol. The number of piperidine rings is 1. The first-order valence-corrected chi connectivity index (χ1v) is 9.71. The highest BCUT2D eigenvalue weighted by molar-refractivity contribution is 6.06. The number of aliphatic hydroxyl groups is 1. The summed E-state index contributed by atoms with van der Waals surface area (Å²) >= 11 is 0. The van der Waals surface area contributed by atoms with Crippen LogP contribution in [0, 0.1) is 6.92 Å². The molecule has 2 aromatic carbocycles. The molecule has 150 valence electrons. The fourth-order valence-corrected chi connectivity index (χ4v) is 4.23. The predicted octanol–water partition coefficient (Wildman–Crippen LogP) is 2.97. The summed E-state index contributed by atoms with van der Waals surface area (Å²) in [4.78, 5) is 30.0. The second kappa shape index (κ2) is 7.37. The second-order valence-electron chi connectivity index (χ2n) is 7.61. The molecule has 0 saturated carbocycles. The highest BCUT2D eigenvalue weighted by Crippen LogP contribution is 2.37. The molecule has 6 nitrogen and oxygen atoms in total. The molecule has 1 fully saturated rings. The molecule has 1 aliphatic heterocycles. The molecule has 3 aromatic rings. The monoisotopic (exact) mass is 392 g/mol. The first kappa shape index (κ1) is 19.2. The number of fused-ring (bicyclic) bond motifs is 1. The van der Waals surface area contributed by atoms with Gasteiger partial charge < -0.3 is 19.7 Å². The van der Waals surface area contributed by atoms with Crippen LogP contribution in [-0.4, -0.2) is 41.1 Å². The van der Waals surface area contributed by atoms with Crippen LogP contribution in [0.5, 0.6) is 5.75 Å². The molecule has 2 heterocycles. The fourth-order valence-electron chi connectivity index (χ4n) is 4.23. The van der Waals surface area contributed by atoms with E-state index >= 15 is 0 Å². The molecule has 1 atom stereocenters. The predicted molar refractivity (Wildman–Crippen MR) is 111 cm³/mol. The zero-order valence-corrected chi connectivity index (χ0v) is 16.6. The molecule has 0 radical (unpaired) electrons. The molecule has 0 aliphatic carbocycles. The van der Waals surface area contributed by atoms with Gasteiger partial charge in [0.1, 0.15) is 11.4 Å². The first-order valence-electron chi connectivity index (χ1n) is 9.71. The summed E-state index contributed by atoms with van der Waals surface area (Å²) in [5, 5.41) is 12.1. The maximum absolute atomic E-state index is 13.4. The number of nitrogens with one attached hydrogen (secondary N) is 1. The van der Waals surface area contributed by atoms with E-state index in [0.717, 1.165) is 5.56 Å². The van der Waals surface area contributed by atoms with Gasteiger partial charge in [0.2, 0.25) is 5.56 Å². The Labute approximate surface area is 168 Å². The third-order valence-corrected chi connectivity index (χ3v) is 5.68. The van der Waals surface area contributed by atoms with Gasteiger partial charge in [0, 0.05) is 23.6 Å². The Morgan fingerprint density at radius 1 is 1.21 bits per heavy atom. The Morgan fingerprint density at radius 3 is 2.79 bits per heavy atom. The molecular formula is C23H24N2O4. The Bertz CT molecular complexity index is 1140. The largest absolute Gasteiger partial charge is 0.496 e. The standard InChI is InChI=1S/C23H24N2O4/c1-15-7-5-8-16-17(13-20(26)24-21(15)16)22(27)25-12-6-11-23(28,14-25)18-9-3-4-10-19(18)29-2/h3-5,7-10,13,28H,6,11-12,14H2,1-2H3,(H,24,26). The van der Waals surface area contributed by atoms with Gasteiger partial charge in [-0.3, -0.25) is 9.59 Å². The zero-order chi connectivity index (χ0) is 20.6. The first-order chi connectivity index (χ1) is 13.9. The molecular weight excluding hydrogens is 368 g/mol. The minimum atomic E-state index is -1.20. The number of aromatic nitrogens is 1. The second-order valence-corrected chi connectivity index (χ2v) is 7.61. The lowest BCUT2D eigenvalue weighted by atomic mass is 9.85. The van der Waals surface area contributed by atoms with Crippen molar-refractivity contribution in [2.75, 3.05) is 20.2 Å². The number of hydrogen-bond donors (Lipinski definition) is 2. The highest BCUT2D eigenvalue weighted by atomic mass is 16.5. The van der Waals surface area contributed by atoms with Gasteiger partial charge in [-0.05, 0) is 31.4 Å². The molecule has 1 saturated heterocycles. The molecule has 6 heteroatoms. The van der Waals surface area contributed by atoms with Crippen LogP contribution >= 0.6 is 0 Å². The summed E-state index contributed by atoms with van der Waals surface area (Å²) in [6, 6.07) is 14.3. The van der Waals surface area contributed by atoms with Crippen LogP contribution < -0.4 is 10.3 Å². The van der Waals surface area contributed by atoms with Crippen molar-refractivity contribution >= 4 is 16.8 Å². The Morgan fingerprint density at radius 2 is 2.00 bits per heavy atom. The SMILES string of the molecule is COc1ccccc1C1(O)CCCN(C(=O)c2cc(=O)[nH]c3c(C)cccc23)C1. The van der Waals surface area contributed by atoms with Gasteiger partial charge in [-0.25, -0.2) is 0 Å². The number of pyridine rings is 1. The van der Waals surface area contributed by atoms with E-state index in [1.807, 2.05) is 43.3 Å². The minimum Gasteiger partial charge on any atom is -0.496 e. The molecule has 1 amide bonds. The number of aryl methyl sites for hydroxylation is 1. The number of β-amino-alcohol motifs (C(OH)–C–C–N with tert-alkyl or cyclic N) is 1. The number of methoxy groups -OCH3 is 1. The van der Waals surface area contributed by atoms with E-state index in [1.165, 1.54) is 6.07 Å². The molecule has 0 bridgehead atoms. The smallest absolute Gasteiger partial charge is 0.254 e. The van der Waals surface area contributed by atoms with Gasteiger partial charge in [-0.2, -0.15) is 0 Å². The van der Waals surface area contributed by atoms with Crippen LogP contribution in [0.3, 0.4) is 0 Å². The number of ether oxygens (including phenoxy) is 1. The van der Waals surface area contributed by atoms with Gasteiger partial charge >= 0.3 is 0 Å². The normalized spacial score (nSPS) is 19.3. The van der Waals surface area contributed by atoms with Crippen molar-refractivity contribution in [1.29, 1.82) is 0 Å². The van der Waals surface area contributed by atoms with Crippen molar-refractivity contribution in [1.82, 2.24) is 9.88 Å². The molecule has 29 heavy (non-hydrogen) atoms. The number of nitrogens with zero attached hydrogens (tertiary/aromatic N) is 1. The number of carbonyl (C=O) groups is 1. The van der Waals surface area contributed by atoms with Crippen LogP contribution in [0.1, 0.15) is 34.3 Å². The van der Waals surface area contributed by atoms with Crippen molar-refractivity contribution in [2.45, 2.75) is 25.4 Å². The van der Waals surface area contributed by atoms with Crippen molar-refractivity contribution < 1.29 is 14.6 Å². The summed E-state index contributed by atoms with van der Waals surface area (Å²) in [5.74, 6) is 0.348. The number of benzene rings is 2. The van der Waals surface area contributed by atoms with Crippen LogP contribution in [0.4, 0.5) is 0 Å². The number of hydrogen-bond acceptors (Lipinski definition) is 4. The summed E-state index contributed by atoms with van der Waals surface area (Å²) in [5.41, 5.74) is 1.09. The fraction of sp³-hybridized carbons (Fsp3) is 0.304. The van der Waals surface area contributed by atoms with E-state index in [-0.39, 0.29) is 18.0 Å². The third-order valence-electron chi connectivity index (χ3n) is 5.68. The number of carbonyl (C=O) groups excluding carboxylic acids is 1. The highest BCUT2D eigenvalue weighted by Gasteiger charge is 2.39. The summed E-state index contributed by atoms with van der Waals surface area (Å²) in [7, 11) is 1.57. The van der Waals surface area contributed by atoms with Crippen LogP contribution in [-0.2, 0) is 5.60 Å². The lowest BCUT2D eigenvalue weighted by Gasteiger charge is -2.40. The van der Waals surface area contributed by atoms with E-state index in [2.05, 4.69) is 4.98 Å². The Balaban J connectivity index is 1.73. The minimum absolute atomic E-state index is 0.145. The van der Waals surface area contributed by atoms with E-state index < -0.39 is 5.60 Å². The number of amides is 1. The Kier molecular flexibility index (Phi) is 4.88. The van der Waals surface area contributed by atoms with Crippen molar-refractivity contribution in [3.05, 3.63) is 75.6 Å². The molecule has 1 aromatic heterocycles. The van der Waals surface area contributed by atoms with E-state index in [1.54, 1.807) is 18.1 Å². The Hall–Kier alpha value is -3.12. The number of H-pyrrole nitrogens is 1.